The van der Waals surface area contributed by atoms with E-state index in [9.17, 15) is 13.2 Å². The molecule has 0 nitrogen and oxygen atoms in total. The van der Waals surface area contributed by atoms with Crippen LogP contribution in [0.4, 0.5) is 13.2 Å². The minimum atomic E-state index is -4.24. The molecule has 3 heteroatoms. The summed E-state index contributed by atoms with van der Waals surface area (Å²) in [6.45, 7) is 0. The minimum Gasteiger partial charge on any atom is -0.166 e. The van der Waals surface area contributed by atoms with Gasteiger partial charge < -0.3 is 0 Å². The number of allylic oxidation sites excluding steroid dienone is 2. The first kappa shape index (κ1) is 13.2. The van der Waals surface area contributed by atoms with Crippen molar-refractivity contribution in [2.24, 2.45) is 0 Å². The molecule has 0 spiro atoms. The largest absolute Gasteiger partial charge is 0.416 e. The Labute approximate surface area is 106 Å². The predicted molar refractivity (Wildman–Crippen MR) is 66.4 cm³/mol. The van der Waals surface area contributed by atoms with Gasteiger partial charge in [0.15, 0.2) is 0 Å². The van der Waals surface area contributed by atoms with Crippen molar-refractivity contribution in [1.82, 2.24) is 0 Å². The number of benzene rings is 1. The van der Waals surface area contributed by atoms with Crippen LogP contribution in [0.15, 0.2) is 36.4 Å². The zero-order chi connectivity index (χ0) is 13.0. The molecule has 1 unspecified atom stereocenters. The van der Waals surface area contributed by atoms with Crippen LogP contribution >= 0.6 is 0 Å². The van der Waals surface area contributed by atoms with Gasteiger partial charge in [-0.1, -0.05) is 37.1 Å². The summed E-state index contributed by atoms with van der Waals surface area (Å²) >= 11 is 0. The Kier molecular flexibility index (Phi) is 4.10. The van der Waals surface area contributed by atoms with E-state index in [1.807, 2.05) is 0 Å². The summed E-state index contributed by atoms with van der Waals surface area (Å²) in [4.78, 5) is 0. The van der Waals surface area contributed by atoms with Crippen molar-refractivity contribution in [3.8, 4) is 0 Å². The van der Waals surface area contributed by atoms with Gasteiger partial charge in [0.1, 0.15) is 0 Å². The average molecular weight is 254 g/mol. The average Bonchev–Trinajstić information content (AvgIpc) is 2.27. The maximum Gasteiger partial charge on any atom is 0.416 e. The zero-order valence-corrected chi connectivity index (χ0v) is 10.2. The smallest absolute Gasteiger partial charge is 0.166 e. The molecule has 0 aromatic heterocycles. The van der Waals surface area contributed by atoms with Gasteiger partial charge in [0, 0.05) is 5.92 Å². The Morgan fingerprint density at radius 3 is 2.33 bits per heavy atom. The van der Waals surface area contributed by atoms with Crippen molar-refractivity contribution in [3.63, 3.8) is 0 Å². The lowest BCUT2D eigenvalue weighted by molar-refractivity contribution is -0.137. The molecule has 0 N–H and O–H groups in total. The van der Waals surface area contributed by atoms with E-state index in [1.54, 1.807) is 12.1 Å². The number of hydrogen-bond donors (Lipinski definition) is 0. The van der Waals surface area contributed by atoms with Gasteiger partial charge in [0.2, 0.25) is 0 Å². The van der Waals surface area contributed by atoms with Crippen LogP contribution < -0.4 is 0 Å². The van der Waals surface area contributed by atoms with E-state index in [0.29, 0.717) is 0 Å². The maximum atomic E-state index is 12.5. The molecule has 0 fully saturated rings. The summed E-state index contributed by atoms with van der Waals surface area (Å²) in [6, 6.07) is 5.59. The Bertz CT molecular complexity index is 401. The van der Waals surface area contributed by atoms with E-state index in [1.165, 1.54) is 25.0 Å². The zero-order valence-electron chi connectivity index (χ0n) is 10.2. The molecule has 2 rings (SSSR count). The summed E-state index contributed by atoms with van der Waals surface area (Å²) in [5.74, 6) is 0.271. The minimum absolute atomic E-state index is 0.271. The lowest BCUT2D eigenvalue weighted by Gasteiger charge is -2.16. The summed E-state index contributed by atoms with van der Waals surface area (Å²) in [5.41, 5.74) is 0.419. The molecule has 18 heavy (non-hydrogen) atoms. The van der Waals surface area contributed by atoms with Crippen LogP contribution in [0.5, 0.6) is 0 Å². The number of halogens is 3. The van der Waals surface area contributed by atoms with E-state index < -0.39 is 11.7 Å². The molecule has 1 aliphatic carbocycles. The Balaban J connectivity index is 2.15. The van der Waals surface area contributed by atoms with E-state index >= 15 is 0 Å². The normalized spacial score (nSPS) is 23.2. The van der Waals surface area contributed by atoms with Crippen molar-refractivity contribution in [1.29, 1.82) is 0 Å². The molecule has 0 radical (unpaired) electrons. The standard InChI is InChI=1S/C15H17F3/c16-15(17,18)14-10-8-13(9-11-14)12-6-4-2-1-3-5-7-12/h4,6,8-12H,1-3,5,7H2/b6-4-. The van der Waals surface area contributed by atoms with E-state index in [4.69, 9.17) is 0 Å². The topological polar surface area (TPSA) is 0 Å². The molecule has 0 amide bonds. The lowest BCUT2D eigenvalue weighted by Crippen LogP contribution is -2.05. The maximum absolute atomic E-state index is 12.5. The quantitative estimate of drug-likeness (QED) is 0.596. The monoisotopic (exact) mass is 254 g/mol. The molecule has 1 aliphatic rings. The summed E-state index contributed by atoms with van der Waals surface area (Å²) in [6.07, 6.45) is 5.74. The molecule has 1 aromatic carbocycles. The number of rotatable bonds is 1. The highest BCUT2D eigenvalue weighted by Crippen LogP contribution is 2.32. The van der Waals surface area contributed by atoms with Gasteiger partial charge in [-0.15, -0.1) is 0 Å². The van der Waals surface area contributed by atoms with E-state index in [-0.39, 0.29) is 5.92 Å². The van der Waals surface area contributed by atoms with Crippen molar-refractivity contribution in [3.05, 3.63) is 47.5 Å². The molecule has 0 aliphatic heterocycles. The molecule has 0 saturated carbocycles. The highest BCUT2D eigenvalue weighted by atomic mass is 19.4. The number of alkyl halides is 3. The Hall–Kier alpha value is -1.25. The second-order valence-electron chi connectivity index (χ2n) is 4.79. The second kappa shape index (κ2) is 5.59. The fourth-order valence-corrected chi connectivity index (χ4v) is 2.36. The predicted octanol–water partition coefficient (Wildman–Crippen LogP) is 5.31. The molecule has 1 atom stereocenters. The van der Waals surface area contributed by atoms with Gasteiger partial charge >= 0.3 is 6.18 Å². The molecule has 1 aromatic rings. The van der Waals surface area contributed by atoms with Crippen LogP contribution in [0.25, 0.3) is 0 Å². The van der Waals surface area contributed by atoms with Gasteiger partial charge in [0.25, 0.3) is 0 Å². The van der Waals surface area contributed by atoms with Gasteiger partial charge in [-0.05, 0) is 37.0 Å². The first-order valence-corrected chi connectivity index (χ1v) is 6.41. The Morgan fingerprint density at radius 2 is 1.67 bits per heavy atom. The second-order valence-corrected chi connectivity index (χ2v) is 4.79. The van der Waals surface area contributed by atoms with Crippen LogP contribution in [0.3, 0.4) is 0 Å². The van der Waals surface area contributed by atoms with E-state index in [2.05, 4.69) is 12.2 Å². The van der Waals surface area contributed by atoms with Crippen LogP contribution in [-0.4, -0.2) is 0 Å². The van der Waals surface area contributed by atoms with E-state index in [0.717, 1.165) is 24.8 Å². The lowest BCUT2D eigenvalue weighted by atomic mass is 9.90. The van der Waals surface area contributed by atoms with Crippen LogP contribution in [0, 0.1) is 0 Å². The molecule has 0 bridgehead atoms. The number of hydrogen-bond acceptors (Lipinski definition) is 0. The van der Waals surface area contributed by atoms with Crippen molar-refractivity contribution >= 4 is 0 Å². The summed E-state index contributed by atoms with van der Waals surface area (Å²) < 4.78 is 37.4. The fourth-order valence-electron chi connectivity index (χ4n) is 2.36. The highest BCUT2D eigenvalue weighted by molar-refractivity contribution is 5.29. The Morgan fingerprint density at radius 1 is 0.944 bits per heavy atom. The molecule has 0 heterocycles. The molecular formula is C15H17F3. The van der Waals surface area contributed by atoms with Crippen LogP contribution in [0.2, 0.25) is 0 Å². The first-order valence-electron chi connectivity index (χ1n) is 6.41. The van der Waals surface area contributed by atoms with Gasteiger partial charge in [-0.3, -0.25) is 0 Å². The SMILES string of the molecule is FC(F)(F)c1ccc(C2/C=C\CCCCC2)cc1. The fraction of sp³-hybridized carbons (Fsp3) is 0.467. The highest BCUT2D eigenvalue weighted by Gasteiger charge is 2.30. The molecular weight excluding hydrogens is 237 g/mol. The molecule has 98 valence electrons. The van der Waals surface area contributed by atoms with Crippen molar-refractivity contribution in [2.45, 2.75) is 44.2 Å². The van der Waals surface area contributed by atoms with Crippen molar-refractivity contribution in [2.75, 3.05) is 0 Å². The third-order valence-corrected chi connectivity index (χ3v) is 3.42. The van der Waals surface area contributed by atoms with Gasteiger partial charge in [-0.2, -0.15) is 13.2 Å². The third kappa shape index (κ3) is 3.37. The first-order chi connectivity index (χ1) is 8.57. The summed E-state index contributed by atoms with van der Waals surface area (Å²) in [5, 5.41) is 0. The van der Waals surface area contributed by atoms with Crippen LogP contribution in [0.1, 0.15) is 49.1 Å². The van der Waals surface area contributed by atoms with Crippen molar-refractivity contribution < 1.29 is 13.2 Å². The summed E-state index contributed by atoms with van der Waals surface area (Å²) in [7, 11) is 0. The van der Waals surface area contributed by atoms with Crippen LogP contribution in [-0.2, 0) is 6.18 Å². The van der Waals surface area contributed by atoms with Gasteiger partial charge in [-0.25, -0.2) is 0 Å². The van der Waals surface area contributed by atoms with Gasteiger partial charge in [0.05, 0.1) is 5.56 Å². The molecule has 0 saturated heterocycles. The third-order valence-electron chi connectivity index (χ3n) is 3.42.